The Bertz CT molecular complexity index is 386. The molecule has 94 valence electrons. The van der Waals surface area contributed by atoms with Crippen LogP contribution in [-0.2, 0) is 9.59 Å². The Morgan fingerprint density at radius 2 is 1.71 bits per heavy atom. The smallest absolute Gasteiger partial charge is 0.277 e. The van der Waals surface area contributed by atoms with E-state index in [4.69, 9.17) is 0 Å². The summed E-state index contributed by atoms with van der Waals surface area (Å²) in [6.45, 7) is 6.31. The van der Waals surface area contributed by atoms with E-state index in [2.05, 4.69) is 23.7 Å². The molecule has 0 aliphatic carbocycles. The second kappa shape index (κ2) is 3.66. The van der Waals surface area contributed by atoms with Crippen LogP contribution in [0.2, 0.25) is 25.2 Å². The van der Waals surface area contributed by atoms with Crippen molar-refractivity contribution in [2.45, 2.75) is 38.5 Å². The molecule has 4 amide bonds. The van der Waals surface area contributed by atoms with Gasteiger partial charge >= 0.3 is 6.03 Å². The molecule has 0 aromatic carbocycles. The summed E-state index contributed by atoms with van der Waals surface area (Å²) in [6, 6.07) is 1.07. The Labute approximate surface area is 101 Å². The van der Waals surface area contributed by atoms with Crippen LogP contribution in [0.25, 0.3) is 0 Å². The molecule has 0 aromatic heterocycles. The van der Waals surface area contributed by atoms with E-state index in [0.29, 0.717) is 6.04 Å². The zero-order valence-corrected chi connectivity index (χ0v) is 11.4. The SMILES string of the molecule is C[C@@H]1CC[Si](C)(C)CC12C(=O)NC(=O)NC2=O. The van der Waals surface area contributed by atoms with Gasteiger partial charge in [-0.2, -0.15) is 0 Å². The van der Waals surface area contributed by atoms with E-state index < -0.39 is 31.3 Å². The maximum atomic E-state index is 12.1. The number of carbonyl (C=O) groups is 3. The fourth-order valence-electron chi connectivity index (χ4n) is 3.04. The molecule has 2 fully saturated rings. The molecular weight excluding hydrogens is 236 g/mol. The van der Waals surface area contributed by atoms with Gasteiger partial charge in [-0.1, -0.05) is 32.5 Å². The van der Waals surface area contributed by atoms with Gasteiger partial charge in [0.2, 0.25) is 11.8 Å². The normalized spacial score (nSPS) is 31.0. The van der Waals surface area contributed by atoms with Crippen LogP contribution in [0.5, 0.6) is 0 Å². The molecule has 0 unspecified atom stereocenters. The minimum Gasteiger partial charge on any atom is -0.277 e. The van der Waals surface area contributed by atoms with E-state index in [9.17, 15) is 14.4 Å². The van der Waals surface area contributed by atoms with Crippen LogP contribution in [0.1, 0.15) is 13.3 Å². The topological polar surface area (TPSA) is 75.3 Å². The standard InChI is InChI=1S/C11H18N2O3Si/c1-7-4-5-17(2,3)6-11(7)8(14)12-10(16)13-9(11)15/h7H,4-6H2,1-3H3,(H2,12,13,14,15,16)/t7-/m1/s1. The predicted octanol–water partition coefficient (Wildman–Crippen LogP) is 1.09. The number of rotatable bonds is 0. The molecule has 2 N–H and O–H groups in total. The Kier molecular flexibility index (Phi) is 2.65. The number of hydrogen-bond acceptors (Lipinski definition) is 3. The number of carbonyl (C=O) groups excluding carboxylic acids is 3. The highest BCUT2D eigenvalue weighted by atomic mass is 28.3. The molecule has 1 atom stereocenters. The third-order valence-corrected chi connectivity index (χ3v) is 7.27. The molecule has 2 rings (SSSR count). The molecule has 1 spiro atoms. The highest BCUT2D eigenvalue weighted by Gasteiger charge is 2.58. The van der Waals surface area contributed by atoms with Crippen molar-refractivity contribution in [3.05, 3.63) is 0 Å². The van der Waals surface area contributed by atoms with Crippen LogP contribution < -0.4 is 10.6 Å². The number of hydrogen-bond donors (Lipinski definition) is 2. The molecule has 2 aliphatic rings. The van der Waals surface area contributed by atoms with E-state index in [1.54, 1.807) is 0 Å². The lowest BCUT2D eigenvalue weighted by molar-refractivity contribution is -0.147. The monoisotopic (exact) mass is 254 g/mol. The second-order valence-corrected chi connectivity index (χ2v) is 11.2. The number of amides is 4. The molecule has 5 nitrogen and oxygen atoms in total. The van der Waals surface area contributed by atoms with Gasteiger partial charge in [-0.05, 0) is 12.0 Å². The van der Waals surface area contributed by atoms with E-state index in [1.165, 1.54) is 0 Å². The van der Waals surface area contributed by atoms with E-state index in [0.717, 1.165) is 12.5 Å². The molecule has 2 aliphatic heterocycles. The highest BCUT2D eigenvalue weighted by Crippen LogP contribution is 2.47. The van der Waals surface area contributed by atoms with Gasteiger partial charge in [-0.25, -0.2) is 4.79 Å². The second-order valence-electron chi connectivity index (χ2n) is 5.99. The molecule has 0 radical (unpaired) electrons. The minimum absolute atomic E-state index is 0.00359. The molecule has 6 heteroatoms. The lowest BCUT2D eigenvalue weighted by atomic mass is 9.73. The van der Waals surface area contributed by atoms with Gasteiger partial charge in [0, 0.05) is 8.07 Å². The molecular formula is C11H18N2O3Si. The molecule has 17 heavy (non-hydrogen) atoms. The average Bonchev–Trinajstić information content (AvgIpc) is 2.19. The fourth-order valence-corrected chi connectivity index (χ4v) is 6.61. The van der Waals surface area contributed by atoms with E-state index in [1.807, 2.05) is 6.92 Å². The first-order valence-electron chi connectivity index (χ1n) is 5.95. The van der Waals surface area contributed by atoms with Crippen LogP contribution in [0.15, 0.2) is 0 Å². The first kappa shape index (κ1) is 12.3. The van der Waals surface area contributed by atoms with Crippen molar-refractivity contribution < 1.29 is 14.4 Å². The number of barbiturate groups is 1. The van der Waals surface area contributed by atoms with Gasteiger partial charge in [-0.3, -0.25) is 20.2 Å². The molecule has 2 heterocycles. The highest BCUT2D eigenvalue weighted by molar-refractivity contribution is 6.78. The van der Waals surface area contributed by atoms with Crippen LogP contribution in [0.3, 0.4) is 0 Å². The van der Waals surface area contributed by atoms with Crippen molar-refractivity contribution in [3.63, 3.8) is 0 Å². The molecule has 0 bridgehead atoms. The number of imide groups is 2. The third-order valence-electron chi connectivity index (χ3n) is 4.12. The zero-order chi connectivity index (χ0) is 12.8. The van der Waals surface area contributed by atoms with Gasteiger partial charge in [0.1, 0.15) is 5.41 Å². The number of urea groups is 1. The summed E-state index contributed by atoms with van der Waals surface area (Å²) >= 11 is 0. The van der Waals surface area contributed by atoms with Gasteiger partial charge in [0.15, 0.2) is 0 Å². The summed E-state index contributed by atoms with van der Waals surface area (Å²) in [4.78, 5) is 35.4. The van der Waals surface area contributed by atoms with Crippen LogP contribution in [-0.4, -0.2) is 25.9 Å². The lowest BCUT2D eigenvalue weighted by Crippen LogP contribution is -2.67. The van der Waals surface area contributed by atoms with Crippen molar-refractivity contribution in [1.29, 1.82) is 0 Å². The quantitative estimate of drug-likeness (QED) is 0.502. The Morgan fingerprint density at radius 3 is 2.24 bits per heavy atom. The summed E-state index contributed by atoms with van der Waals surface area (Å²) in [7, 11) is -1.53. The molecule has 0 aromatic rings. The van der Waals surface area contributed by atoms with Crippen molar-refractivity contribution in [3.8, 4) is 0 Å². The summed E-state index contributed by atoms with van der Waals surface area (Å²) in [5.41, 5.74) is -1.01. The average molecular weight is 254 g/mol. The first-order valence-corrected chi connectivity index (χ1v) is 9.36. The van der Waals surface area contributed by atoms with Crippen molar-refractivity contribution in [2.24, 2.45) is 11.3 Å². The fraction of sp³-hybridized carbons (Fsp3) is 0.727. The summed E-state index contributed by atoms with van der Waals surface area (Å²) in [5, 5.41) is 4.50. The van der Waals surface area contributed by atoms with Crippen LogP contribution in [0.4, 0.5) is 4.79 Å². The van der Waals surface area contributed by atoms with E-state index >= 15 is 0 Å². The first-order chi connectivity index (χ1) is 7.78. The Hall–Kier alpha value is -1.17. The lowest BCUT2D eigenvalue weighted by Gasteiger charge is -2.47. The van der Waals surface area contributed by atoms with Gasteiger partial charge in [0.05, 0.1) is 0 Å². The van der Waals surface area contributed by atoms with Crippen molar-refractivity contribution in [1.82, 2.24) is 10.6 Å². The zero-order valence-electron chi connectivity index (χ0n) is 10.4. The predicted molar refractivity (Wildman–Crippen MR) is 65.0 cm³/mol. The third kappa shape index (κ3) is 1.80. The largest absolute Gasteiger partial charge is 0.328 e. The van der Waals surface area contributed by atoms with Gasteiger partial charge in [0.25, 0.3) is 0 Å². The Balaban J connectivity index is 2.41. The van der Waals surface area contributed by atoms with Gasteiger partial charge in [-0.15, -0.1) is 0 Å². The Morgan fingerprint density at radius 1 is 1.18 bits per heavy atom. The molecule has 0 saturated carbocycles. The number of nitrogens with one attached hydrogen (secondary N) is 2. The summed E-state index contributed by atoms with van der Waals surface area (Å²) in [5.74, 6) is -0.811. The van der Waals surface area contributed by atoms with E-state index in [-0.39, 0.29) is 5.92 Å². The van der Waals surface area contributed by atoms with Crippen molar-refractivity contribution in [2.75, 3.05) is 0 Å². The summed E-state index contributed by atoms with van der Waals surface area (Å²) in [6.07, 6.45) is 0.883. The van der Waals surface area contributed by atoms with Crippen LogP contribution in [0, 0.1) is 11.3 Å². The van der Waals surface area contributed by atoms with Crippen LogP contribution >= 0.6 is 0 Å². The minimum atomic E-state index is -1.53. The maximum Gasteiger partial charge on any atom is 0.328 e. The maximum absolute atomic E-state index is 12.1. The van der Waals surface area contributed by atoms with Crippen molar-refractivity contribution >= 4 is 25.9 Å². The molecule has 2 saturated heterocycles. The summed E-state index contributed by atoms with van der Waals surface area (Å²) < 4.78 is 0. The van der Waals surface area contributed by atoms with Gasteiger partial charge < -0.3 is 0 Å².